The highest BCUT2D eigenvalue weighted by Gasteiger charge is 2.18. The number of hydrogen-bond donors (Lipinski definition) is 2. The lowest BCUT2D eigenvalue weighted by molar-refractivity contribution is 0.153. The second kappa shape index (κ2) is 12.8. The van der Waals surface area contributed by atoms with Crippen molar-refractivity contribution in [3.8, 4) is 22.6 Å². The van der Waals surface area contributed by atoms with Crippen LogP contribution in [0.3, 0.4) is 0 Å². The second-order valence-corrected chi connectivity index (χ2v) is 11.5. The highest BCUT2D eigenvalue weighted by molar-refractivity contribution is 7.14. The molecule has 210 valence electrons. The summed E-state index contributed by atoms with van der Waals surface area (Å²) in [5.74, 6) is 1.13. The minimum Gasteiger partial charge on any atom is -0.384 e. The number of rotatable bonds is 10. The van der Waals surface area contributed by atoms with Crippen molar-refractivity contribution in [2.24, 2.45) is 0 Å². The van der Waals surface area contributed by atoms with Gasteiger partial charge in [-0.15, -0.1) is 11.3 Å². The molecule has 1 aliphatic heterocycles. The van der Waals surface area contributed by atoms with Crippen LogP contribution in [0.2, 0.25) is 0 Å². The summed E-state index contributed by atoms with van der Waals surface area (Å²) >= 11 is 1.58. The summed E-state index contributed by atoms with van der Waals surface area (Å²) in [7, 11) is 2.21. The quantitative estimate of drug-likeness (QED) is 0.265. The van der Waals surface area contributed by atoms with Gasteiger partial charge in [-0.1, -0.05) is 43.3 Å². The molecule has 0 spiro atoms. The summed E-state index contributed by atoms with van der Waals surface area (Å²) in [5, 5.41) is 2.87. The Kier molecular flexibility index (Phi) is 8.94. The number of thiazole rings is 1. The maximum absolute atomic E-state index is 5.89. The third kappa shape index (κ3) is 6.78. The molecule has 1 aliphatic rings. The van der Waals surface area contributed by atoms with E-state index in [1.165, 1.54) is 61.4 Å². The Bertz CT molecular complexity index is 1390. The largest absolute Gasteiger partial charge is 0.384 e. The number of hydrogen-bond acceptors (Lipinski definition) is 9. The molecule has 5 rings (SSSR count). The zero-order valence-electron chi connectivity index (χ0n) is 23.8. The van der Waals surface area contributed by atoms with Crippen LogP contribution in [-0.4, -0.2) is 71.1 Å². The number of aromatic nitrogens is 3. The minimum absolute atomic E-state index is 0.340. The van der Waals surface area contributed by atoms with Crippen LogP contribution in [-0.2, 0) is 6.42 Å². The van der Waals surface area contributed by atoms with Crippen LogP contribution in [0.25, 0.3) is 22.6 Å². The van der Waals surface area contributed by atoms with Crippen molar-refractivity contribution in [1.82, 2.24) is 24.8 Å². The molecule has 1 fully saturated rings. The van der Waals surface area contributed by atoms with Gasteiger partial charge in [-0.2, -0.15) is 0 Å². The van der Waals surface area contributed by atoms with Crippen LogP contribution in [0.5, 0.6) is 0 Å². The summed E-state index contributed by atoms with van der Waals surface area (Å²) in [6.07, 6.45) is 3.31. The highest BCUT2D eigenvalue weighted by Crippen LogP contribution is 2.36. The third-order valence-corrected chi connectivity index (χ3v) is 8.35. The number of piperazine rings is 1. The van der Waals surface area contributed by atoms with Gasteiger partial charge in [-0.25, -0.2) is 15.0 Å². The molecule has 2 aromatic carbocycles. The van der Waals surface area contributed by atoms with E-state index in [4.69, 9.17) is 16.5 Å². The van der Waals surface area contributed by atoms with Crippen molar-refractivity contribution < 1.29 is 0 Å². The first-order valence-electron chi connectivity index (χ1n) is 14.1. The van der Waals surface area contributed by atoms with E-state index < -0.39 is 0 Å². The minimum atomic E-state index is 0.340. The van der Waals surface area contributed by atoms with E-state index in [-0.39, 0.29) is 0 Å². The first-order chi connectivity index (χ1) is 19.4. The fourth-order valence-electron chi connectivity index (χ4n) is 5.16. The fraction of sp³-hybridized carbons (Fsp3) is 0.387. The maximum atomic E-state index is 5.89. The molecule has 0 unspecified atom stereocenters. The SMILES string of the molecule is CCCN(c1nc(-c2nc(N)cc(N)n2)cs1)c1cc(-c2ccc(CCCN3CCN(C)CC3)cc2)ccc1C. The number of nitrogens with zero attached hydrogens (tertiary/aromatic N) is 6. The molecule has 4 N–H and O–H groups in total. The second-order valence-electron chi connectivity index (χ2n) is 10.7. The number of aryl methyl sites for hydroxylation is 2. The molecule has 0 radical (unpaired) electrons. The van der Waals surface area contributed by atoms with Crippen molar-refractivity contribution in [2.45, 2.75) is 33.1 Å². The van der Waals surface area contributed by atoms with Gasteiger partial charge in [0, 0.05) is 49.9 Å². The first kappa shape index (κ1) is 28.0. The molecule has 9 heteroatoms. The van der Waals surface area contributed by atoms with E-state index in [0.29, 0.717) is 23.2 Å². The van der Waals surface area contributed by atoms with Gasteiger partial charge in [0.2, 0.25) is 0 Å². The summed E-state index contributed by atoms with van der Waals surface area (Å²) in [5.41, 5.74) is 18.7. The Hall–Kier alpha value is -3.53. The van der Waals surface area contributed by atoms with Gasteiger partial charge in [-0.05, 0) is 68.1 Å². The zero-order valence-corrected chi connectivity index (χ0v) is 24.6. The Balaban J connectivity index is 1.31. The molecule has 3 heterocycles. The molecule has 1 saturated heterocycles. The van der Waals surface area contributed by atoms with Crippen LogP contribution < -0.4 is 16.4 Å². The van der Waals surface area contributed by atoms with Crippen molar-refractivity contribution in [1.29, 1.82) is 0 Å². The normalized spacial score (nSPS) is 14.5. The molecule has 0 bridgehead atoms. The fourth-order valence-corrected chi connectivity index (χ4v) is 6.00. The van der Waals surface area contributed by atoms with Crippen molar-refractivity contribution in [2.75, 3.05) is 62.7 Å². The van der Waals surface area contributed by atoms with Crippen LogP contribution >= 0.6 is 11.3 Å². The van der Waals surface area contributed by atoms with E-state index in [1.54, 1.807) is 17.4 Å². The average molecular weight is 557 g/mol. The van der Waals surface area contributed by atoms with E-state index in [9.17, 15) is 0 Å². The van der Waals surface area contributed by atoms with E-state index in [1.807, 2.05) is 5.38 Å². The van der Waals surface area contributed by atoms with Crippen LogP contribution in [0.1, 0.15) is 30.9 Å². The molecule has 0 aliphatic carbocycles. The molecule has 4 aromatic rings. The van der Waals surface area contributed by atoms with E-state index in [2.05, 4.69) is 88.0 Å². The molecular weight excluding hydrogens is 516 g/mol. The zero-order chi connectivity index (χ0) is 28.1. The van der Waals surface area contributed by atoms with Crippen molar-refractivity contribution >= 4 is 33.8 Å². The summed E-state index contributed by atoms with van der Waals surface area (Å²) in [4.78, 5) is 20.8. The number of nitrogen functional groups attached to an aromatic ring is 2. The molecular formula is C31H40N8S. The van der Waals surface area contributed by atoms with E-state index >= 15 is 0 Å². The summed E-state index contributed by atoms with van der Waals surface area (Å²) < 4.78 is 0. The van der Waals surface area contributed by atoms with Crippen LogP contribution in [0.15, 0.2) is 53.9 Å². The Morgan fingerprint density at radius 2 is 1.60 bits per heavy atom. The van der Waals surface area contributed by atoms with Gasteiger partial charge in [0.25, 0.3) is 0 Å². The smallest absolute Gasteiger partial charge is 0.190 e. The first-order valence-corrected chi connectivity index (χ1v) is 15.0. The molecule has 40 heavy (non-hydrogen) atoms. The lowest BCUT2D eigenvalue weighted by Gasteiger charge is -2.32. The van der Waals surface area contributed by atoms with Gasteiger partial charge >= 0.3 is 0 Å². The van der Waals surface area contributed by atoms with Gasteiger partial charge in [0.05, 0.1) is 0 Å². The van der Waals surface area contributed by atoms with Gasteiger partial charge in [0.1, 0.15) is 17.3 Å². The summed E-state index contributed by atoms with van der Waals surface area (Å²) in [6, 6.07) is 17.3. The monoisotopic (exact) mass is 556 g/mol. The standard InChI is InChI=1S/C31H40N8S/c1-4-13-39(31-34-26(21-40-31)30-35-28(32)20-29(33)36-30)27-19-25(10-7-22(27)2)24-11-8-23(9-12-24)6-5-14-38-17-15-37(3)16-18-38/h7-12,19-21H,4-6,13-18H2,1-3H3,(H4,32,33,35,36). The van der Waals surface area contributed by atoms with Gasteiger partial charge in [-0.3, -0.25) is 0 Å². The van der Waals surface area contributed by atoms with Crippen LogP contribution in [0, 0.1) is 6.92 Å². The predicted octanol–water partition coefficient (Wildman–Crippen LogP) is 5.47. The third-order valence-electron chi connectivity index (χ3n) is 7.49. The van der Waals surface area contributed by atoms with E-state index in [0.717, 1.165) is 30.2 Å². The Morgan fingerprint density at radius 1 is 0.900 bits per heavy atom. The number of nitrogens with two attached hydrogens (primary N) is 2. The molecule has 0 saturated carbocycles. The average Bonchev–Trinajstić information content (AvgIpc) is 3.44. The Labute approximate surface area is 241 Å². The lowest BCUT2D eigenvalue weighted by atomic mass is 9.99. The number of anilines is 4. The van der Waals surface area contributed by atoms with Crippen LogP contribution in [0.4, 0.5) is 22.5 Å². The molecule has 0 atom stereocenters. The summed E-state index contributed by atoms with van der Waals surface area (Å²) in [6.45, 7) is 11.1. The Morgan fingerprint density at radius 3 is 2.30 bits per heavy atom. The molecule has 8 nitrogen and oxygen atoms in total. The van der Waals surface area contributed by atoms with Gasteiger partial charge < -0.3 is 26.2 Å². The predicted molar refractivity (Wildman–Crippen MR) is 168 cm³/mol. The van der Waals surface area contributed by atoms with Crippen molar-refractivity contribution in [3.05, 3.63) is 65.0 Å². The van der Waals surface area contributed by atoms with Gasteiger partial charge in [0.15, 0.2) is 11.0 Å². The molecule has 0 amide bonds. The molecule has 2 aromatic heterocycles. The van der Waals surface area contributed by atoms with Crippen molar-refractivity contribution in [3.63, 3.8) is 0 Å². The number of likely N-dealkylation sites (N-methyl/N-ethyl adjacent to an activating group) is 1. The topological polar surface area (TPSA) is 100 Å². The highest BCUT2D eigenvalue weighted by atomic mass is 32.1. The lowest BCUT2D eigenvalue weighted by Crippen LogP contribution is -2.44. The number of benzene rings is 2. The maximum Gasteiger partial charge on any atom is 0.190 e.